The predicted octanol–water partition coefficient (Wildman–Crippen LogP) is 2.37. The zero-order valence-corrected chi connectivity index (χ0v) is 9.23. The molecule has 0 unspecified atom stereocenters. The normalized spacial score (nSPS) is 9.00. The minimum atomic E-state index is 0. The summed E-state index contributed by atoms with van der Waals surface area (Å²) in [6, 6.07) is 3.84. The monoisotopic (exact) mass is 214 g/mol. The summed E-state index contributed by atoms with van der Waals surface area (Å²) in [5.41, 5.74) is 2.02. The predicted molar refractivity (Wildman–Crippen MR) is 59.3 cm³/mol. The molecule has 0 radical (unpaired) electrons. The number of hydrogen-bond acceptors (Lipinski definition) is 3. The Balaban J connectivity index is 0.00000169. The summed E-state index contributed by atoms with van der Waals surface area (Å²) in [4.78, 5) is 4.14. The number of hydrogen-bond donors (Lipinski definition) is 1. The number of halogens is 1. The number of aromatic nitrogens is 1. The fraction of sp³-hybridized carbons (Fsp3) is 0.400. The van der Waals surface area contributed by atoms with E-state index >= 15 is 0 Å². The number of ether oxygens (including phenoxy) is 1. The van der Waals surface area contributed by atoms with Gasteiger partial charge in [-0.1, -0.05) is 6.07 Å². The van der Waals surface area contributed by atoms with E-state index < -0.39 is 0 Å². The van der Waals surface area contributed by atoms with Gasteiger partial charge in [-0.3, -0.25) is 10.4 Å². The Hall–Kier alpha value is -1.09. The Kier molecular flexibility index (Phi) is 5.88. The van der Waals surface area contributed by atoms with Crippen LogP contribution in [0.15, 0.2) is 18.3 Å². The number of aryl methyl sites for hydroxylation is 1. The first kappa shape index (κ1) is 12.9. The second kappa shape index (κ2) is 6.38. The molecule has 1 rings (SSSR count). The van der Waals surface area contributed by atoms with Gasteiger partial charge in [-0.05, 0) is 25.5 Å². The number of nitrogens with one attached hydrogen (secondary N) is 1. The van der Waals surface area contributed by atoms with Gasteiger partial charge in [0, 0.05) is 11.9 Å². The van der Waals surface area contributed by atoms with E-state index in [2.05, 4.69) is 4.98 Å². The first-order chi connectivity index (χ1) is 6.24. The molecule has 3 nitrogen and oxygen atoms in total. The molecule has 1 N–H and O–H groups in total. The molecule has 0 aliphatic rings. The summed E-state index contributed by atoms with van der Waals surface area (Å²) in [6.45, 7) is 4.37. The van der Waals surface area contributed by atoms with Crippen LogP contribution >= 0.6 is 12.4 Å². The first-order valence-corrected chi connectivity index (χ1v) is 4.34. The Morgan fingerprint density at radius 2 is 2.29 bits per heavy atom. The summed E-state index contributed by atoms with van der Waals surface area (Å²) < 4.78 is 5.06. The molecule has 1 aromatic heterocycles. The van der Waals surface area contributed by atoms with Gasteiger partial charge in [-0.2, -0.15) is 0 Å². The fourth-order valence-electron chi connectivity index (χ4n) is 1.10. The average molecular weight is 215 g/mol. The van der Waals surface area contributed by atoms with E-state index in [-0.39, 0.29) is 12.4 Å². The average Bonchev–Trinajstić information content (AvgIpc) is 2.09. The molecule has 0 fully saturated rings. The van der Waals surface area contributed by atoms with Crippen LogP contribution in [0.2, 0.25) is 0 Å². The van der Waals surface area contributed by atoms with Crippen molar-refractivity contribution in [1.29, 1.82) is 5.41 Å². The van der Waals surface area contributed by atoms with Gasteiger partial charge in [0.05, 0.1) is 13.0 Å². The summed E-state index contributed by atoms with van der Waals surface area (Å²) in [5, 5.41) is 7.47. The highest BCUT2D eigenvalue weighted by Gasteiger charge is 2.02. The van der Waals surface area contributed by atoms with E-state index in [1.54, 1.807) is 6.20 Å². The highest BCUT2D eigenvalue weighted by molar-refractivity contribution is 5.85. The van der Waals surface area contributed by atoms with E-state index in [0.29, 0.717) is 18.9 Å². The zero-order valence-electron chi connectivity index (χ0n) is 8.41. The third-order valence-corrected chi connectivity index (χ3v) is 1.79. The second-order valence-corrected chi connectivity index (χ2v) is 2.78. The van der Waals surface area contributed by atoms with Crippen molar-refractivity contribution in [1.82, 2.24) is 4.98 Å². The topological polar surface area (TPSA) is 46.0 Å². The molecular formula is C10H15ClN2O. The van der Waals surface area contributed by atoms with E-state index in [4.69, 9.17) is 10.1 Å². The van der Waals surface area contributed by atoms with Crippen LogP contribution in [0.1, 0.15) is 18.2 Å². The minimum Gasteiger partial charge on any atom is -0.481 e. The smallest absolute Gasteiger partial charge is 0.184 e. The highest BCUT2D eigenvalue weighted by Crippen LogP contribution is 2.05. The number of nitrogens with zero attached hydrogens (tertiary/aromatic N) is 1. The molecule has 0 amide bonds. The van der Waals surface area contributed by atoms with Crippen molar-refractivity contribution in [2.24, 2.45) is 0 Å². The van der Waals surface area contributed by atoms with Crippen LogP contribution in [0.3, 0.4) is 0 Å². The van der Waals surface area contributed by atoms with Gasteiger partial charge >= 0.3 is 0 Å². The van der Waals surface area contributed by atoms with Crippen molar-refractivity contribution in [3.8, 4) is 0 Å². The van der Waals surface area contributed by atoms with Crippen LogP contribution in [-0.2, 0) is 11.2 Å². The Morgan fingerprint density at radius 1 is 1.57 bits per heavy atom. The van der Waals surface area contributed by atoms with Crippen molar-refractivity contribution >= 4 is 18.3 Å². The Morgan fingerprint density at radius 3 is 2.86 bits per heavy atom. The Bertz CT molecular complexity index is 302. The summed E-state index contributed by atoms with van der Waals surface area (Å²) in [5.74, 6) is 0.304. The SMILES string of the molecule is CCOC(=N)Cc1cccnc1C.Cl. The van der Waals surface area contributed by atoms with Gasteiger partial charge in [0.1, 0.15) is 0 Å². The maximum absolute atomic E-state index is 7.47. The molecule has 78 valence electrons. The van der Waals surface area contributed by atoms with E-state index in [1.807, 2.05) is 26.0 Å². The largest absolute Gasteiger partial charge is 0.481 e. The van der Waals surface area contributed by atoms with Crippen LogP contribution in [0.25, 0.3) is 0 Å². The molecule has 0 spiro atoms. The van der Waals surface area contributed by atoms with Gasteiger partial charge in [-0.25, -0.2) is 0 Å². The van der Waals surface area contributed by atoms with Gasteiger partial charge in [0.2, 0.25) is 0 Å². The lowest BCUT2D eigenvalue weighted by atomic mass is 10.1. The second-order valence-electron chi connectivity index (χ2n) is 2.78. The van der Waals surface area contributed by atoms with E-state index in [9.17, 15) is 0 Å². The standard InChI is InChI=1S/C10H14N2O.ClH/c1-3-13-10(11)7-9-5-4-6-12-8(9)2;/h4-6,11H,3,7H2,1-2H3;1H. The van der Waals surface area contributed by atoms with E-state index in [0.717, 1.165) is 11.3 Å². The van der Waals surface area contributed by atoms with Gasteiger partial charge < -0.3 is 4.74 Å². The molecule has 0 bridgehead atoms. The van der Waals surface area contributed by atoms with Crippen molar-refractivity contribution in [2.45, 2.75) is 20.3 Å². The first-order valence-electron chi connectivity index (χ1n) is 4.34. The third kappa shape index (κ3) is 3.75. The lowest BCUT2D eigenvalue weighted by Gasteiger charge is -2.06. The van der Waals surface area contributed by atoms with Crippen molar-refractivity contribution in [3.63, 3.8) is 0 Å². The molecule has 0 aliphatic carbocycles. The molecule has 0 saturated carbocycles. The Labute approximate surface area is 90.4 Å². The molecule has 0 aromatic carbocycles. The summed E-state index contributed by atoms with van der Waals surface area (Å²) in [6.07, 6.45) is 2.29. The summed E-state index contributed by atoms with van der Waals surface area (Å²) >= 11 is 0. The molecule has 14 heavy (non-hydrogen) atoms. The van der Waals surface area contributed by atoms with Crippen LogP contribution in [0.5, 0.6) is 0 Å². The highest BCUT2D eigenvalue weighted by atomic mass is 35.5. The lowest BCUT2D eigenvalue weighted by Crippen LogP contribution is -2.07. The summed E-state index contributed by atoms with van der Waals surface area (Å²) in [7, 11) is 0. The maximum atomic E-state index is 7.47. The molecule has 0 saturated heterocycles. The minimum absolute atomic E-state index is 0. The molecule has 4 heteroatoms. The van der Waals surface area contributed by atoms with Crippen LogP contribution in [-0.4, -0.2) is 17.5 Å². The lowest BCUT2D eigenvalue weighted by molar-refractivity contribution is 0.317. The van der Waals surface area contributed by atoms with Crippen molar-refractivity contribution < 1.29 is 4.74 Å². The van der Waals surface area contributed by atoms with Crippen molar-refractivity contribution in [3.05, 3.63) is 29.6 Å². The van der Waals surface area contributed by atoms with Crippen molar-refractivity contribution in [2.75, 3.05) is 6.61 Å². The zero-order chi connectivity index (χ0) is 9.68. The van der Waals surface area contributed by atoms with Crippen LogP contribution < -0.4 is 0 Å². The molecule has 1 aromatic rings. The molecular weight excluding hydrogens is 200 g/mol. The quantitative estimate of drug-likeness (QED) is 0.620. The number of rotatable bonds is 3. The maximum Gasteiger partial charge on any atom is 0.184 e. The molecule has 0 atom stereocenters. The molecule has 0 aliphatic heterocycles. The third-order valence-electron chi connectivity index (χ3n) is 1.79. The fourth-order valence-corrected chi connectivity index (χ4v) is 1.10. The van der Waals surface area contributed by atoms with E-state index in [1.165, 1.54) is 0 Å². The number of pyridine rings is 1. The van der Waals surface area contributed by atoms with Crippen LogP contribution in [0, 0.1) is 12.3 Å². The van der Waals surface area contributed by atoms with Gasteiger partial charge in [0.15, 0.2) is 5.90 Å². The molecule has 1 heterocycles. The van der Waals surface area contributed by atoms with Crippen LogP contribution in [0.4, 0.5) is 0 Å². The van der Waals surface area contributed by atoms with Gasteiger partial charge in [-0.15, -0.1) is 12.4 Å². The van der Waals surface area contributed by atoms with Gasteiger partial charge in [0.25, 0.3) is 0 Å².